The largest absolute Gasteiger partial charge is 0.496 e. The monoisotopic (exact) mass is 521 g/mol. The topological polar surface area (TPSA) is 106 Å². The number of nitrogens with one attached hydrogen (secondary N) is 3. The van der Waals surface area contributed by atoms with Gasteiger partial charge in [-0.2, -0.15) is 5.10 Å². The predicted molar refractivity (Wildman–Crippen MR) is 141 cm³/mol. The van der Waals surface area contributed by atoms with Gasteiger partial charge in [0.25, 0.3) is 5.91 Å². The predicted octanol–water partition coefficient (Wildman–Crippen LogP) is 4.51. The van der Waals surface area contributed by atoms with Crippen LogP contribution < -0.4 is 20.7 Å². The Morgan fingerprint density at radius 1 is 1.24 bits per heavy atom. The molecule has 3 N–H and O–H groups in total. The van der Waals surface area contributed by atoms with Crippen molar-refractivity contribution < 1.29 is 18.3 Å². The second-order valence-electron chi connectivity index (χ2n) is 9.28. The van der Waals surface area contributed by atoms with Crippen LogP contribution in [0.4, 0.5) is 20.2 Å². The van der Waals surface area contributed by atoms with Crippen LogP contribution in [0, 0.1) is 11.6 Å². The molecule has 0 bridgehead atoms. The van der Waals surface area contributed by atoms with Crippen molar-refractivity contribution in [1.82, 2.24) is 25.1 Å². The molecule has 1 aliphatic carbocycles. The van der Waals surface area contributed by atoms with E-state index in [-0.39, 0.29) is 34.6 Å². The van der Waals surface area contributed by atoms with Crippen molar-refractivity contribution in [2.24, 2.45) is 7.05 Å². The van der Waals surface area contributed by atoms with Crippen LogP contribution in [0.2, 0.25) is 0 Å². The number of amides is 1. The summed E-state index contributed by atoms with van der Waals surface area (Å²) < 4.78 is 36.4. The van der Waals surface area contributed by atoms with Crippen molar-refractivity contribution in [2.45, 2.75) is 38.3 Å². The molecule has 1 saturated carbocycles. The molecule has 11 heteroatoms. The summed E-state index contributed by atoms with van der Waals surface area (Å²) in [7, 11) is 3.08. The first-order chi connectivity index (χ1) is 18.4. The van der Waals surface area contributed by atoms with Gasteiger partial charge in [-0.25, -0.2) is 18.7 Å². The van der Waals surface area contributed by atoms with Gasteiger partial charge in [-0.05, 0) is 37.5 Å². The Balaban J connectivity index is 1.48. The lowest BCUT2D eigenvalue weighted by Crippen LogP contribution is -2.34. The summed E-state index contributed by atoms with van der Waals surface area (Å²) >= 11 is 0. The first-order valence-electron chi connectivity index (χ1n) is 12.5. The normalized spacial score (nSPS) is 13.9. The van der Waals surface area contributed by atoms with Crippen LogP contribution >= 0.6 is 0 Å². The number of hydrogen-bond acceptors (Lipinski definition) is 7. The van der Waals surface area contributed by atoms with Crippen LogP contribution in [-0.4, -0.2) is 51.4 Å². The Labute approximate surface area is 218 Å². The summed E-state index contributed by atoms with van der Waals surface area (Å²) in [5.41, 5.74) is 1.18. The number of nitrogens with zero attached hydrogens (tertiary/aromatic N) is 4. The van der Waals surface area contributed by atoms with Gasteiger partial charge < -0.3 is 20.7 Å². The van der Waals surface area contributed by atoms with Gasteiger partial charge >= 0.3 is 0 Å². The zero-order chi connectivity index (χ0) is 26.8. The molecule has 2 aromatic carbocycles. The van der Waals surface area contributed by atoms with E-state index in [9.17, 15) is 9.18 Å². The molecule has 0 spiro atoms. The third-order valence-corrected chi connectivity index (χ3v) is 6.60. The fourth-order valence-electron chi connectivity index (χ4n) is 4.35. The van der Waals surface area contributed by atoms with Gasteiger partial charge in [-0.3, -0.25) is 9.48 Å². The van der Waals surface area contributed by atoms with Crippen molar-refractivity contribution >= 4 is 28.2 Å². The second-order valence-corrected chi connectivity index (χ2v) is 9.28. The molecule has 0 saturated heterocycles. The van der Waals surface area contributed by atoms with Crippen LogP contribution in [0.1, 0.15) is 36.7 Å². The first-order valence-corrected chi connectivity index (χ1v) is 12.5. The first kappa shape index (κ1) is 25.5. The Hall–Kier alpha value is -4.12. The Bertz CT molecular complexity index is 1490. The lowest BCUT2D eigenvalue weighted by molar-refractivity contribution is 0.102. The Morgan fingerprint density at radius 3 is 2.79 bits per heavy atom. The average Bonchev–Trinajstić information content (AvgIpc) is 3.67. The molecule has 5 rings (SSSR count). The van der Waals surface area contributed by atoms with Gasteiger partial charge in [-0.15, -0.1) is 0 Å². The third kappa shape index (κ3) is 5.14. The van der Waals surface area contributed by atoms with Crippen LogP contribution in [-0.2, 0) is 7.05 Å². The van der Waals surface area contributed by atoms with Crippen molar-refractivity contribution in [3.8, 4) is 17.1 Å². The summed E-state index contributed by atoms with van der Waals surface area (Å²) in [6.07, 6.45) is 6.09. The second kappa shape index (κ2) is 10.7. The van der Waals surface area contributed by atoms with Crippen molar-refractivity contribution in [3.05, 3.63) is 60.1 Å². The summed E-state index contributed by atoms with van der Waals surface area (Å²) in [6.45, 7) is 2.79. The summed E-state index contributed by atoms with van der Waals surface area (Å²) in [5.74, 6) is -1.47. The van der Waals surface area contributed by atoms with E-state index in [0.29, 0.717) is 22.6 Å². The van der Waals surface area contributed by atoms with Gasteiger partial charge in [0.2, 0.25) is 0 Å². The maximum atomic E-state index is 15.1. The van der Waals surface area contributed by atoms with E-state index in [1.165, 1.54) is 55.1 Å². The fraction of sp³-hybridized carbons (Fsp3) is 0.333. The van der Waals surface area contributed by atoms with Gasteiger partial charge in [0.05, 0.1) is 30.2 Å². The van der Waals surface area contributed by atoms with E-state index in [4.69, 9.17) is 4.74 Å². The standard InChI is InChI=1S/C27H29F2N7O2/c1-4-15(13-31-16-8-9-16)33-24-17-14-32-36(2)25(17)19(29)12-21(24)35-27(37)20-10-11-30-26(34-20)23-18(28)6-5-7-22(23)38-3/h5-7,10-12,14-16,31,33H,4,8-9,13H2,1-3H3,(H,35,37)/t15-/m0/s1. The molecule has 198 valence electrons. The molecule has 0 radical (unpaired) electrons. The molecular weight excluding hydrogens is 492 g/mol. The number of aryl methyl sites for hydroxylation is 1. The van der Waals surface area contributed by atoms with Crippen molar-refractivity contribution in [1.29, 1.82) is 0 Å². The average molecular weight is 522 g/mol. The van der Waals surface area contributed by atoms with E-state index in [1.807, 2.05) is 0 Å². The number of anilines is 2. The van der Waals surface area contributed by atoms with Gasteiger partial charge in [0, 0.05) is 43.3 Å². The highest BCUT2D eigenvalue weighted by molar-refractivity contribution is 6.09. The lowest BCUT2D eigenvalue weighted by atomic mass is 10.1. The van der Waals surface area contributed by atoms with E-state index < -0.39 is 17.5 Å². The zero-order valence-corrected chi connectivity index (χ0v) is 21.4. The van der Waals surface area contributed by atoms with Crippen LogP contribution in [0.25, 0.3) is 22.3 Å². The van der Waals surface area contributed by atoms with E-state index in [0.717, 1.165) is 13.0 Å². The number of hydrogen-bond donors (Lipinski definition) is 3. The number of methoxy groups -OCH3 is 1. The van der Waals surface area contributed by atoms with Crippen LogP contribution in [0.3, 0.4) is 0 Å². The molecule has 4 aromatic rings. The molecule has 2 heterocycles. The van der Waals surface area contributed by atoms with Crippen molar-refractivity contribution in [3.63, 3.8) is 0 Å². The number of aromatic nitrogens is 4. The number of rotatable bonds is 10. The lowest BCUT2D eigenvalue weighted by Gasteiger charge is -2.22. The van der Waals surface area contributed by atoms with E-state index in [2.05, 4.69) is 37.9 Å². The Kier molecular flexibility index (Phi) is 7.19. The zero-order valence-electron chi connectivity index (χ0n) is 21.4. The SMILES string of the molecule is CC[C@@H](CNC1CC1)Nc1c(NC(=O)c2ccnc(-c3c(F)cccc3OC)n2)cc(F)c2c1cnn2C. The molecule has 1 fully saturated rings. The van der Waals surface area contributed by atoms with Crippen LogP contribution in [0.5, 0.6) is 5.75 Å². The minimum Gasteiger partial charge on any atom is -0.496 e. The minimum atomic E-state index is -0.598. The number of carbonyl (C=O) groups is 1. The molecule has 0 aliphatic heterocycles. The molecule has 38 heavy (non-hydrogen) atoms. The number of halogens is 2. The molecule has 1 atom stereocenters. The summed E-state index contributed by atoms with van der Waals surface area (Å²) in [5, 5.41) is 14.6. The number of benzene rings is 2. The fourth-order valence-corrected chi connectivity index (χ4v) is 4.35. The van der Waals surface area contributed by atoms with Crippen molar-refractivity contribution in [2.75, 3.05) is 24.3 Å². The highest BCUT2D eigenvalue weighted by Crippen LogP contribution is 2.35. The molecule has 9 nitrogen and oxygen atoms in total. The molecule has 2 aromatic heterocycles. The maximum Gasteiger partial charge on any atom is 0.274 e. The van der Waals surface area contributed by atoms with E-state index >= 15 is 4.39 Å². The van der Waals surface area contributed by atoms with Crippen LogP contribution in [0.15, 0.2) is 42.7 Å². The quantitative estimate of drug-likeness (QED) is 0.282. The minimum absolute atomic E-state index is 0.00274. The molecule has 0 unspecified atom stereocenters. The summed E-state index contributed by atoms with van der Waals surface area (Å²) in [4.78, 5) is 21.7. The number of carbonyl (C=O) groups excluding carboxylic acids is 1. The molecule has 1 aliphatic rings. The number of fused-ring (bicyclic) bond motifs is 1. The maximum absolute atomic E-state index is 15.1. The summed E-state index contributed by atoms with van der Waals surface area (Å²) in [6, 6.07) is 7.62. The highest BCUT2D eigenvalue weighted by atomic mass is 19.1. The Morgan fingerprint density at radius 2 is 2.05 bits per heavy atom. The number of ether oxygens (including phenoxy) is 1. The smallest absolute Gasteiger partial charge is 0.274 e. The van der Waals surface area contributed by atoms with Gasteiger partial charge in [-0.1, -0.05) is 13.0 Å². The van der Waals surface area contributed by atoms with E-state index in [1.54, 1.807) is 19.3 Å². The van der Waals surface area contributed by atoms with Gasteiger partial charge in [0.1, 0.15) is 22.8 Å². The third-order valence-electron chi connectivity index (χ3n) is 6.60. The molecular formula is C27H29F2N7O2. The molecule has 1 amide bonds. The van der Waals surface area contributed by atoms with Gasteiger partial charge in [0.15, 0.2) is 11.6 Å². The highest BCUT2D eigenvalue weighted by Gasteiger charge is 2.24.